The number of carbonyl (C=O) groups is 1. The van der Waals surface area contributed by atoms with Crippen LogP contribution in [0.3, 0.4) is 0 Å². The number of nitrogens with zero attached hydrogens (tertiary/aromatic N) is 3. The highest BCUT2D eigenvalue weighted by atomic mass is 32.2. The normalized spacial score (nSPS) is 17.8. The number of aromatic carboxylic acids is 1. The van der Waals surface area contributed by atoms with Crippen molar-refractivity contribution in [3.8, 4) is 0 Å². The number of rotatable bonds is 5. The molecular weight excluding hydrogens is 300 g/mol. The maximum atomic E-state index is 10.8. The summed E-state index contributed by atoms with van der Waals surface area (Å²) < 4.78 is 3.20. The molecule has 1 atom stereocenters. The zero-order chi connectivity index (χ0) is 15.9. The Balaban J connectivity index is 1.96. The van der Waals surface area contributed by atoms with Crippen molar-refractivity contribution in [2.45, 2.75) is 25.2 Å². The van der Waals surface area contributed by atoms with Crippen LogP contribution in [0.15, 0.2) is 39.3 Å². The van der Waals surface area contributed by atoms with Gasteiger partial charge in [0.1, 0.15) is 0 Å². The van der Waals surface area contributed by atoms with E-state index in [-0.39, 0.29) is 5.56 Å². The molecule has 6 nitrogen and oxygen atoms in total. The summed E-state index contributed by atoms with van der Waals surface area (Å²) in [4.78, 5) is 16.2. The molecule has 1 aliphatic heterocycles. The van der Waals surface area contributed by atoms with Crippen molar-refractivity contribution >= 4 is 30.1 Å². The summed E-state index contributed by atoms with van der Waals surface area (Å²) >= 11 is 1.40. The summed E-state index contributed by atoms with van der Waals surface area (Å²) in [6, 6.07) is 6.72. The number of guanidine groups is 1. The second-order valence-corrected chi connectivity index (χ2v) is 5.73. The van der Waals surface area contributed by atoms with Gasteiger partial charge in [-0.2, -0.15) is 5.10 Å². The number of hydrogen-bond donors (Lipinski definition) is 2. The van der Waals surface area contributed by atoms with Gasteiger partial charge in [0.05, 0.1) is 12.1 Å². The number of carboxylic acids is 1. The lowest BCUT2D eigenvalue weighted by molar-refractivity contribution is 0.0697. The Bertz CT molecular complexity index is 571. The van der Waals surface area contributed by atoms with E-state index in [1.807, 2.05) is 18.1 Å². The lowest BCUT2D eigenvalue weighted by atomic mass is 10.1. The number of nitrogens with one attached hydrogen (secondary N) is 1. The molecule has 7 heteroatoms. The molecule has 0 bridgehead atoms. The predicted molar refractivity (Wildman–Crippen MR) is 89.3 cm³/mol. The fourth-order valence-corrected chi connectivity index (χ4v) is 2.60. The fraction of sp³-hybridized carbons (Fsp3) is 0.400. The Labute approximate surface area is 134 Å². The Kier molecular flexibility index (Phi) is 5.83. The van der Waals surface area contributed by atoms with Crippen molar-refractivity contribution < 1.29 is 9.90 Å². The van der Waals surface area contributed by atoms with Crippen LogP contribution in [0.25, 0.3) is 0 Å². The van der Waals surface area contributed by atoms with Gasteiger partial charge in [-0.25, -0.2) is 9.80 Å². The first-order chi connectivity index (χ1) is 10.6. The molecule has 1 unspecified atom stereocenters. The number of benzene rings is 1. The van der Waals surface area contributed by atoms with Crippen LogP contribution in [0.5, 0.6) is 0 Å². The Morgan fingerprint density at radius 3 is 2.73 bits per heavy atom. The topological polar surface area (TPSA) is 77.3 Å². The van der Waals surface area contributed by atoms with Crippen molar-refractivity contribution in [1.29, 1.82) is 0 Å². The molecule has 0 saturated carbocycles. The Hall–Kier alpha value is -2.02. The van der Waals surface area contributed by atoms with Crippen LogP contribution >= 0.6 is 11.9 Å². The summed E-state index contributed by atoms with van der Waals surface area (Å²) in [6.07, 6.45) is 3.02. The molecule has 118 valence electrons. The van der Waals surface area contributed by atoms with Crippen molar-refractivity contribution in [1.82, 2.24) is 9.73 Å². The van der Waals surface area contributed by atoms with Crippen LogP contribution < -0.4 is 4.72 Å². The molecule has 1 aromatic carbocycles. The first kappa shape index (κ1) is 16.4. The van der Waals surface area contributed by atoms with Gasteiger partial charge in [0, 0.05) is 23.6 Å². The van der Waals surface area contributed by atoms with Crippen LogP contribution in [0.2, 0.25) is 0 Å². The van der Waals surface area contributed by atoms with E-state index in [2.05, 4.69) is 21.7 Å². The van der Waals surface area contributed by atoms with Crippen LogP contribution in [0.4, 0.5) is 0 Å². The minimum Gasteiger partial charge on any atom is -0.478 e. The molecule has 2 rings (SSSR count). The van der Waals surface area contributed by atoms with Gasteiger partial charge in [0.25, 0.3) is 0 Å². The van der Waals surface area contributed by atoms with E-state index >= 15 is 0 Å². The molecule has 1 aliphatic rings. The zero-order valence-electron chi connectivity index (χ0n) is 12.7. The van der Waals surface area contributed by atoms with E-state index in [1.165, 1.54) is 11.9 Å². The molecule has 1 heterocycles. The summed E-state index contributed by atoms with van der Waals surface area (Å²) in [7, 11) is 0. The zero-order valence-corrected chi connectivity index (χ0v) is 13.5. The molecule has 0 saturated heterocycles. The van der Waals surface area contributed by atoms with Gasteiger partial charge in [0.15, 0.2) is 0 Å². The molecule has 0 amide bonds. The average molecular weight is 320 g/mol. The van der Waals surface area contributed by atoms with Crippen molar-refractivity contribution in [2.24, 2.45) is 16.0 Å². The first-order valence-electron chi connectivity index (χ1n) is 7.26. The highest BCUT2D eigenvalue weighted by molar-refractivity contribution is 7.98. The van der Waals surface area contributed by atoms with Crippen LogP contribution in [-0.2, 0) is 0 Å². The third-order valence-corrected chi connectivity index (χ3v) is 4.06. The van der Waals surface area contributed by atoms with E-state index in [1.54, 1.807) is 24.3 Å². The van der Waals surface area contributed by atoms with Gasteiger partial charge in [0.2, 0.25) is 5.96 Å². The second-order valence-electron chi connectivity index (χ2n) is 4.85. The van der Waals surface area contributed by atoms with E-state index in [9.17, 15) is 4.79 Å². The quantitative estimate of drug-likeness (QED) is 0.495. The minimum absolute atomic E-state index is 0.279. The molecule has 0 aromatic heterocycles. The molecule has 0 fully saturated rings. The summed E-state index contributed by atoms with van der Waals surface area (Å²) in [5.74, 6) is 0.264. The van der Waals surface area contributed by atoms with Gasteiger partial charge >= 0.3 is 5.97 Å². The van der Waals surface area contributed by atoms with Crippen LogP contribution in [-0.4, -0.2) is 41.3 Å². The maximum absolute atomic E-state index is 10.8. The standard InChI is InChI=1S/C15H20N4O2S/c1-3-11-9-17-19(10-11)15(16-4-2)18-22-13-7-5-12(6-8-13)14(20)21/h5-9,11H,3-4,10H2,1-2H3,(H,16,18)(H,20,21). The molecule has 0 spiro atoms. The van der Waals surface area contributed by atoms with Gasteiger partial charge in [-0.3, -0.25) is 9.71 Å². The lowest BCUT2D eigenvalue weighted by Crippen LogP contribution is -2.34. The van der Waals surface area contributed by atoms with Crippen molar-refractivity contribution in [2.75, 3.05) is 13.1 Å². The summed E-state index contributed by atoms with van der Waals surface area (Å²) in [6.45, 7) is 5.62. The van der Waals surface area contributed by atoms with Gasteiger partial charge in [-0.05, 0) is 49.6 Å². The van der Waals surface area contributed by atoms with Gasteiger partial charge < -0.3 is 5.11 Å². The smallest absolute Gasteiger partial charge is 0.335 e. The average Bonchev–Trinajstić information content (AvgIpc) is 3.00. The third-order valence-electron chi connectivity index (χ3n) is 3.26. The summed E-state index contributed by atoms with van der Waals surface area (Å²) in [5, 5.41) is 15.1. The van der Waals surface area contributed by atoms with E-state index in [0.717, 1.165) is 23.8 Å². The maximum Gasteiger partial charge on any atom is 0.335 e. The van der Waals surface area contributed by atoms with Gasteiger partial charge in [-0.15, -0.1) is 0 Å². The monoisotopic (exact) mass is 320 g/mol. The Morgan fingerprint density at radius 2 is 2.18 bits per heavy atom. The van der Waals surface area contributed by atoms with E-state index in [0.29, 0.717) is 12.5 Å². The lowest BCUT2D eigenvalue weighted by Gasteiger charge is -2.18. The summed E-state index contributed by atoms with van der Waals surface area (Å²) in [5.41, 5.74) is 0.279. The number of aliphatic imine (C=N–C) groups is 1. The predicted octanol–water partition coefficient (Wildman–Crippen LogP) is 2.69. The highest BCUT2D eigenvalue weighted by Gasteiger charge is 2.20. The largest absolute Gasteiger partial charge is 0.478 e. The number of hydrogen-bond acceptors (Lipinski definition) is 4. The van der Waals surface area contributed by atoms with Gasteiger partial charge in [-0.1, -0.05) is 6.92 Å². The fourth-order valence-electron chi connectivity index (χ4n) is 1.95. The number of carboxylic acid groups (broad SMARTS) is 1. The van der Waals surface area contributed by atoms with Crippen LogP contribution in [0, 0.1) is 5.92 Å². The highest BCUT2D eigenvalue weighted by Crippen LogP contribution is 2.17. The molecule has 0 radical (unpaired) electrons. The van der Waals surface area contributed by atoms with E-state index in [4.69, 9.17) is 5.11 Å². The molecular formula is C15H20N4O2S. The minimum atomic E-state index is -0.922. The van der Waals surface area contributed by atoms with Crippen LogP contribution in [0.1, 0.15) is 30.6 Å². The van der Waals surface area contributed by atoms with Crippen molar-refractivity contribution in [3.63, 3.8) is 0 Å². The third kappa shape index (κ3) is 4.24. The SMILES string of the molecule is CCN=C(NSc1ccc(C(=O)O)cc1)N1CC(CC)C=N1. The Morgan fingerprint density at radius 1 is 1.45 bits per heavy atom. The molecule has 22 heavy (non-hydrogen) atoms. The first-order valence-corrected chi connectivity index (χ1v) is 8.08. The molecule has 2 N–H and O–H groups in total. The van der Waals surface area contributed by atoms with E-state index < -0.39 is 5.97 Å². The molecule has 1 aromatic rings. The second kappa shape index (κ2) is 7.84. The number of hydrazone groups is 1. The molecule has 0 aliphatic carbocycles. The van der Waals surface area contributed by atoms with Crippen molar-refractivity contribution in [3.05, 3.63) is 29.8 Å².